The van der Waals surface area contributed by atoms with Gasteiger partial charge in [0.25, 0.3) is 0 Å². The third-order valence-corrected chi connectivity index (χ3v) is 6.23. The number of sulfonamides is 1. The maximum Gasteiger partial charge on any atom is 0.335 e. The van der Waals surface area contributed by atoms with Crippen LogP contribution < -0.4 is 4.72 Å². The highest BCUT2D eigenvalue weighted by atomic mass is 32.2. The van der Waals surface area contributed by atoms with Crippen molar-refractivity contribution in [3.63, 3.8) is 0 Å². The molecule has 0 aromatic heterocycles. The van der Waals surface area contributed by atoms with Crippen LogP contribution in [0.15, 0.2) is 54.6 Å². The fraction of sp³-hybridized carbons (Fsp3) is 0.278. The van der Waals surface area contributed by atoms with E-state index in [1.165, 1.54) is 6.07 Å². The van der Waals surface area contributed by atoms with Crippen LogP contribution >= 0.6 is 0 Å². The standard InChI is InChI=1S/C18H19NO4S/c20-18(21)15-9-5-4-8-14(15)10-11-19-24(22,23)17-12-16(17)13-6-2-1-3-7-13/h1-9,16-17,19H,10-12H2,(H,20,21)/t16-,17+/m0/s1. The molecule has 2 N–H and O–H groups in total. The quantitative estimate of drug-likeness (QED) is 0.807. The number of benzene rings is 2. The summed E-state index contributed by atoms with van der Waals surface area (Å²) in [5.41, 5.74) is 1.89. The number of aromatic carboxylic acids is 1. The molecule has 5 nitrogen and oxygen atoms in total. The van der Waals surface area contributed by atoms with E-state index in [2.05, 4.69) is 4.72 Å². The van der Waals surface area contributed by atoms with E-state index in [1.54, 1.807) is 18.2 Å². The van der Waals surface area contributed by atoms with E-state index in [0.717, 1.165) is 5.56 Å². The number of rotatable bonds is 7. The smallest absolute Gasteiger partial charge is 0.335 e. The zero-order chi connectivity index (χ0) is 17.2. The Hall–Kier alpha value is -2.18. The lowest BCUT2D eigenvalue weighted by Gasteiger charge is -2.08. The van der Waals surface area contributed by atoms with E-state index in [1.807, 2.05) is 30.3 Å². The van der Waals surface area contributed by atoms with E-state index in [4.69, 9.17) is 5.11 Å². The minimum atomic E-state index is -3.39. The third-order valence-electron chi connectivity index (χ3n) is 4.30. The molecule has 1 fully saturated rings. The Balaban J connectivity index is 1.58. The predicted molar refractivity (Wildman–Crippen MR) is 91.6 cm³/mol. The zero-order valence-corrected chi connectivity index (χ0v) is 13.9. The Bertz CT molecular complexity index is 833. The molecule has 0 bridgehead atoms. The fourth-order valence-electron chi connectivity index (χ4n) is 2.95. The summed E-state index contributed by atoms with van der Waals surface area (Å²) < 4.78 is 27.3. The first-order valence-corrected chi connectivity index (χ1v) is 9.38. The first-order valence-electron chi connectivity index (χ1n) is 7.83. The first-order chi connectivity index (χ1) is 11.5. The van der Waals surface area contributed by atoms with Gasteiger partial charge in [0.1, 0.15) is 0 Å². The van der Waals surface area contributed by atoms with Crippen molar-refractivity contribution in [3.05, 3.63) is 71.3 Å². The predicted octanol–water partition coefficient (Wildman–Crippen LogP) is 2.40. The van der Waals surface area contributed by atoms with Gasteiger partial charge in [-0.05, 0) is 30.0 Å². The molecule has 0 unspecified atom stereocenters. The van der Waals surface area contributed by atoms with E-state index in [0.29, 0.717) is 18.4 Å². The van der Waals surface area contributed by atoms with Gasteiger partial charge in [0.05, 0.1) is 10.8 Å². The number of hydrogen-bond acceptors (Lipinski definition) is 3. The minimum Gasteiger partial charge on any atom is -0.478 e. The molecule has 0 aliphatic heterocycles. The second kappa shape index (κ2) is 6.75. The van der Waals surface area contributed by atoms with Crippen LogP contribution in [-0.2, 0) is 16.4 Å². The van der Waals surface area contributed by atoms with Gasteiger partial charge in [0.2, 0.25) is 10.0 Å². The molecule has 0 spiro atoms. The Morgan fingerprint density at radius 1 is 1.08 bits per heavy atom. The summed E-state index contributed by atoms with van der Waals surface area (Å²) in [5.74, 6) is -0.949. The van der Waals surface area contributed by atoms with Crippen LogP contribution in [0.3, 0.4) is 0 Å². The van der Waals surface area contributed by atoms with Crippen molar-refractivity contribution in [2.24, 2.45) is 0 Å². The summed E-state index contributed by atoms with van der Waals surface area (Å²) in [6, 6.07) is 16.3. The molecule has 3 rings (SSSR count). The Morgan fingerprint density at radius 3 is 2.46 bits per heavy atom. The van der Waals surface area contributed by atoms with Crippen molar-refractivity contribution in [1.29, 1.82) is 0 Å². The van der Waals surface area contributed by atoms with Crippen molar-refractivity contribution in [2.75, 3.05) is 6.54 Å². The van der Waals surface area contributed by atoms with Crippen LogP contribution in [0.25, 0.3) is 0 Å². The zero-order valence-electron chi connectivity index (χ0n) is 13.1. The first kappa shape index (κ1) is 16.7. The third kappa shape index (κ3) is 3.66. The number of carboxylic acids is 1. The average Bonchev–Trinajstić information content (AvgIpc) is 3.37. The number of carboxylic acid groups (broad SMARTS) is 1. The summed E-state index contributed by atoms with van der Waals surface area (Å²) in [5, 5.41) is 8.75. The molecule has 0 saturated heterocycles. The van der Waals surface area contributed by atoms with Crippen molar-refractivity contribution in [1.82, 2.24) is 4.72 Å². The molecule has 0 radical (unpaired) electrons. The van der Waals surface area contributed by atoms with Crippen LogP contribution in [0.4, 0.5) is 0 Å². The average molecular weight is 345 g/mol. The molecule has 126 valence electrons. The lowest BCUT2D eigenvalue weighted by molar-refractivity contribution is 0.0695. The lowest BCUT2D eigenvalue weighted by Crippen LogP contribution is -2.30. The van der Waals surface area contributed by atoms with Gasteiger partial charge in [-0.3, -0.25) is 0 Å². The van der Waals surface area contributed by atoms with Gasteiger partial charge in [-0.25, -0.2) is 17.9 Å². The Labute approximate surface area is 141 Å². The molecule has 24 heavy (non-hydrogen) atoms. The molecule has 2 aromatic carbocycles. The maximum absolute atomic E-state index is 12.4. The van der Waals surface area contributed by atoms with Crippen LogP contribution in [0.1, 0.15) is 33.8 Å². The van der Waals surface area contributed by atoms with E-state index in [-0.39, 0.29) is 18.0 Å². The van der Waals surface area contributed by atoms with Gasteiger partial charge in [0, 0.05) is 12.5 Å². The minimum absolute atomic E-state index is 0.0509. The molecule has 0 amide bonds. The van der Waals surface area contributed by atoms with Crippen LogP contribution in [0.2, 0.25) is 0 Å². The lowest BCUT2D eigenvalue weighted by atomic mass is 10.1. The van der Waals surface area contributed by atoms with E-state index < -0.39 is 21.2 Å². The van der Waals surface area contributed by atoms with Gasteiger partial charge < -0.3 is 5.11 Å². The second-order valence-corrected chi connectivity index (χ2v) is 7.93. The van der Waals surface area contributed by atoms with Gasteiger partial charge in [-0.2, -0.15) is 0 Å². The summed E-state index contributed by atoms with van der Waals surface area (Å²) in [6.45, 7) is 0.199. The van der Waals surface area contributed by atoms with Gasteiger partial charge in [-0.1, -0.05) is 48.5 Å². The van der Waals surface area contributed by atoms with Crippen molar-refractivity contribution >= 4 is 16.0 Å². The molecule has 6 heteroatoms. The Kier molecular flexibility index (Phi) is 4.69. The molecular weight excluding hydrogens is 326 g/mol. The SMILES string of the molecule is O=C(O)c1ccccc1CCNS(=O)(=O)[C@@H]1C[C@H]1c1ccccc1. The molecule has 1 aliphatic rings. The summed E-state index contributed by atoms with van der Waals surface area (Å²) >= 11 is 0. The highest BCUT2D eigenvalue weighted by Crippen LogP contribution is 2.45. The molecule has 1 aliphatic carbocycles. The molecule has 2 aromatic rings. The van der Waals surface area contributed by atoms with Crippen LogP contribution in [0.5, 0.6) is 0 Å². The highest BCUT2D eigenvalue weighted by Gasteiger charge is 2.47. The topological polar surface area (TPSA) is 83.5 Å². The summed E-state index contributed by atoms with van der Waals surface area (Å²) in [4.78, 5) is 11.2. The molecule has 0 heterocycles. The summed E-state index contributed by atoms with van der Waals surface area (Å²) in [7, 11) is -3.39. The van der Waals surface area contributed by atoms with Gasteiger partial charge >= 0.3 is 5.97 Å². The van der Waals surface area contributed by atoms with Crippen LogP contribution in [-0.4, -0.2) is 31.3 Å². The van der Waals surface area contributed by atoms with Crippen LogP contribution in [0, 0.1) is 0 Å². The summed E-state index contributed by atoms with van der Waals surface area (Å²) in [6.07, 6.45) is 0.982. The van der Waals surface area contributed by atoms with Crippen molar-refractivity contribution < 1.29 is 18.3 Å². The van der Waals surface area contributed by atoms with Gasteiger partial charge in [0.15, 0.2) is 0 Å². The molecule has 1 saturated carbocycles. The van der Waals surface area contributed by atoms with Gasteiger partial charge in [-0.15, -0.1) is 0 Å². The largest absolute Gasteiger partial charge is 0.478 e. The maximum atomic E-state index is 12.4. The number of nitrogens with one attached hydrogen (secondary N) is 1. The fourth-order valence-corrected chi connectivity index (χ4v) is 4.60. The van der Waals surface area contributed by atoms with Crippen molar-refractivity contribution in [2.45, 2.75) is 24.0 Å². The highest BCUT2D eigenvalue weighted by molar-refractivity contribution is 7.90. The normalized spacial score (nSPS) is 19.8. The monoisotopic (exact) mass is 345 g/mol. The van der Waals surface area contributed by atoms with E-state index >= 15 is 0 Å². The molecule has 2 atom stereocenters. The second-order valence-electron chi connectivity index (χ2n) is 5.94. The van der Waals surface area contributed by atoms with Crippen molar-refractivity contribution in [3.8, 4) is 0 Å². The number of carbonyl (C=O) groups is 1. The van der Waals surface area contributed by atoms with E-state index in [9.17, 15) is 13.2 Å². The Morgan fingerprint density at radius 2 is 1.75 bits per heavy atom. The number of hydrogen-bond donors (Lipinski definition) is 2. The molecular formula is C18H19NO4S.